The van der Waals surface area contributed by atoms with Crippen LogP contribution in [-0.2, 0) is 16.0 Å². The number of amides is 1. The summed E-state index contributed by atoms with van der Waals surface area (Å²) in [7, 11) is 1.86. The SMILES string of the molecule is CN(C(=O)Cc1ccc(Cl)c(Cl)c1)[C@@H]1CCC(=O)C[C@H]1N1CCCC1.Cl. The minimum absolute atomic E-state index is 0. The lowest BCUT2D eigenvalue weighted by atomic mass is 9.87. The Labute approximate surface area is 171 Å². The molecule has 144 valence electrons. The number of ketones is 1. The Balaban J connectivity index is 0.00000243. The summed E-state index contributed by atoms with van der Waals surface area (Å²) in [6.07, 6.45) is 4.54. The molecule has 1 aliphatic heterocycles. The molecule has 7 heteroatoms. The molecule has 0 N–H and O–H groups in total. The van der Waals surface area contributed by atoms with Crippen LogP contribution in [0.5, 0.6) is 0 Å². The van der Waals surface area contributed by atoms with E-state index in [1.807, 2.05) is 18.0 Å². The third kappa shape index (κ3) is 4.92. The standard InChI is InChI=1S/C19H24Cl2N2O2.ClH/c1-22(19(25)11-13-4-6-15(20)16(21)10-13)17-7-5-14(24)12-18(17)23-8-2-3-9-23;/h4,6,10,17-18H,2-3,5,7-9,11-12H2,1H3;1H/t17-,18-;/m1./s1. The summed E-state index contributed by atoms with van der Waals surface area (Å²) in [5, 5.41) is 0.957. The second-order valence-corrected chi connectivity index (χ2v) is 7.90. The molecule has 3 rings (SSSR count). The molecule has 0 bridgehead atoms. The lowest BCUT2D eigenvalue weighted by molar-refractivity contribution is -0.136. The van der Waals surface area contributed by atoms with Gasteiger partial charge < -0.3 is 4.90 Å². The van der Waals surface area contributed by atoms with Crippen LogP contribution in [0.1, 0.15) is 37.7 Å². The zero-order chi connectivity index (χ0) is 18.0. The van der Waals surface area contributed by atoms with Crippen molar-refractivity contribution >= 4 is 47.3 Å². The van der Waals surface area contributed by atoms with Gasteiger partial charge in [-0.2, -0.15) is 0 Å². The highest BCUT2D eigenvalue weighted by molar-refractivity contribution is 6.42. The Hall–Kier alpha value is -0.810. The molecular formula is C19H25Cl3N2O2. The Morgan fingerprint density at radius 1 is 1.23 bits per heavy atom. The van der Waals surface area contributed by atoms with Crippen molar-refractivity contribution < 1.29 is 9.59 Å². The van der Waals surface area contributed by atoms with E-state index in [0.29, 0.717) is 35.1 Å². The largest absolute Gasteiger partial charge is 0.341 e. The second-order valence-electron chi connectivity index (χ2n) is 7.09. The monoisotopic (exact) mass is 418 g/mol. The van der Waals surface area contributed by atoms with E-state index in [2.05, 4.69) is 4.90 Å². The van der Waals surface area contributed by atoms with Gasteiger partial charge in [0.2, 0.25) is 5.91 Å². The quantitative estimate of drug-likeness (QED) is 0.740. The predicted octanol–water partition coefficient (Wildman–Crippen LogP) is 4.00. The maximum Gasteiger partial charge on any atom is 0.227 e. The Morgan fingerprint density at radius 3 is 2.58 bits per heavy atom. The highest BCUT2D eigenvalue weighted by Crippen LogP contribution is 2.28. The van der Waals surface area contributed by atoms with Gasteiger partial charge in [-0.25, -0.2) is 0 Å². The molecule has 1 aliphatic carbocycles. The van der Waals surface area contributed by atoms with Gasteiger partial charge in [0.25, 0.3) is 0 Å². The molecule has 1 saturated heterocycles. The Kier molecular flexibility index (Phi) is 7.77. The molecule has 1 aromatic carbocycles. The van der Waals surface area contributed by atoms with Crippen molar-refractivity contribution in [2.24, 2.45) is 0 Å². The average molecular weight is 420 g/mol. The van der Waals surface area contributed by atoms with Crippen molar-refractivity contribution in [1.82, 2.24) is 9.80 Å². The number of likely N-dealkylation sites (tertiary alicyclic amines) is 1. The van der Waals surface area contributed by atoms with Crippen LogP contribution in [0.25, 0.3) is 0 Å². The molecule has 2 aliphatic rings. The summed E-state index contributed by atoms with van der Waals surface area (Å²) in [5.41, 5.74) is 0.857. The molecule has 2 atom stereocenters. The average Bonchev–Trinajstić information content (AvgIpc) is 3.12. The van der Waals surface area contributed by atoms with Crippen LogP contribution in [0.4, 0.5) is 0 Å². The number of hydrogen-bond acceptors (Lipinski definition) is 3. The van der Waals surface area contributed by atoms with Crippen LogP contribution in [0.2, 0.25) is 10.0 Å². The van der Waals surface area contributed by atoms with Gasteiger partial charge >= 0.3 is 0 Å². The van der Waals surface area contributed by atoms with Crippen molar-refractivity contribution in [2.75, 3.05) is 20.1 Å². The maximum atomic E-state index is 12.8. The Morgan fingerprint density at radius 2 is 1.92 bits per heavy atom. The van der Waals surface area contributed by atoms with Gasteiger partial charge in [-0.3, -0.25) is 14.5 Å². The number of nitrogens with zero attached hydrogens (tertiary/aromatic N) is 2. The van der Waals surface area contributed by atoms with Gasteiger partial charge in [0.05, 0.1) is 16.5 Å². The number of likely N-dealkylation sites (N-methyl/N-ethyl adjacent to an activating group) is 1. The van der Waals surface area contributed by atoms with E-state index in [0.717, 1.165) is 25.1 Å². The van der Waals surface area contributed by atoms with E-state index >= 15 is 0 Å². The molecule has 2 fully saturated rings. The van der Waals surface area contributed by atoms with Crippen molar-refractivity contribution in [1.29, 1.82) is 0 Å². The van der Waals surface area contributed by atoms with E-state index in [-0.39, 0.29) is 30.4 Å². The summed E-state index contributed by atoms with van der Waals surface area (Å²) in [6, 6.07) is 5.57. The molecule has 1 heterocycles. The fraction of sp³-hybridized carbons (Fsp3) is 0.579. The van der Waals surface area contributed by atoms with Gasteiger partial charge in [-0.15, -0.1) is 12.4 Å². The maximum absolute atomic E-state index is 12.8. The fourth-order valence-corrected chi connectivity index (χ4v) is 4.32. The van der Waals surface area contributed by atoms with Gasteiger partial charge in [0.15, 0.2) is 0 Å². The number of carbonyl (C=O) groups excluding carboxylic acids is 2. The minimum atomic E-state index is 0. The van der Waals surface area contributed by atoms with E-state index < -0.39 is 0 Å². The molecule has 0 aromatic heterocycles. The normalized spacial score (nSPS) is 23.6. The van der Waals surface area contributed by atoms with Crippen LogP contribution in [0.3, 0.4) is 0 Å². The predicted molar refractivity (Wildman–Crippen MR) is 107 cm³/mol. The molecule has 1 saturated carbocycles. The van der Waals surface area contributed by atoms with Gasteiger partial charge in [-0.1, -0.05) is 29.3 Å². The summed E-state index contributed by atoms with van der Waals surface area (Å²) in [5.74, 6) is 0.375. The van der Waals surface area contributed by atoms with Crippen molar-refractivity contribution in [3.05, 3.63) is 33.8 Å². The van der Waals surface area contributed by atoms with Gasteiger partial charge in [0.1, 0.15) is 5.78 Å². The molecule has 1 aromatic rings. The molecule has 0 radical (unpaired) electrons. The Bertz CT molecular complexity index is 662. The van der Waals surface area contributed by atoms with Crippen LogP contribution in [-0.4, -0.2) is 53.7 Å². The van der Waals surface area contributed by atoms with Crippen molar-refractivity contribution in [3.8, 4) is 0 Å². The minimum Gasteiger partial charge on any atom is -0.341 e. The number of Topliss-reactive ketones (excluding diaryl/α,β-unsaturated/α-hetero) is 1. The highest BCUT2D eigenvalue weighted by atomic mass is 35.5. The van der Waals surface area contributed by atoms with Crippen molar-refractivity contribution in [3.63, 3.8) is 0 Å². The number of benzene rings is 1. The van der Waals surface area contributed by atoms with E-state index in [1.165, 1.54) is 12.8 Å². The topological polar surface area (TPSA) is 40.6 Å². The first kappa shape index (κ1) is 21.5. The van der Waals surface area contributed by atoms with Crippen LogP contribution < -0.4 is 0 Å². The van der Waals surface area contributed by atoms with Gasteiger partial charge in [-0.05, 0) is 50.0 Å². The van der Waals surface area contributed by atoms with E-state index in [4.69, 9.17) is 23.2 Å². The zero-order valence-corrected chi connectivity index (χ0v) is 17.2. The molecule has 0 spiro atoms. The highest BCUT2D eigenvalue weighted by Gasteiger charge is 2.38. The number of halogens is 3. The smallest absolute Gasteiger partial charge is 0.227 e. The number of hydrogen-bond donors (Lipinski definition) is 0. The molecular weight excluding hydrogens is 395 g/mol. The molecule has 1 amide bonds. The van der Waals surface area contributed by atoms with E-state index in [1.54, 1.807) is 12.1 Å². The number of carbonyl (C=O) groups is 2. The van der Waals surface area contributed by atoms with Crippen LogP contribution in [0, 0.1) is 0 Å². The first-order valence-electron chi connectivity index (χ1n) is 8.91. The first-order chi connectivity index (χ1) is 12.0. The van der Waals surface area contributed by atoms with Crippen LogP contribution in [0.15, 0.2) is 18.2 Å². The summed E-state index contributed by atoms with van der Waals surface area (Å²) in [6.45, 7) is 2.06. The van der Waals surface area contributed by atoms with Crippen LogP contribution >= 0.6 is 35.6 Å². The lowest BCUT2D eigenvalue weighted by Gasteiger charge is -2.42. The second kappa shape index (κ2) is 9.41. The summed E-state index contributed by atoms with van der Waals surface area (Å²) in [4.78, 5) is 29.0. The molecule has 4 nitrogen and oxygen atoms in total. The molecule has 26 heavy (non-hydrogen) atoms. The number of rotatable bonds is 4. The summed E-state index contributed by atoms with van der Waals surface area (Å²) >= 11 is 12.0. The third-order valence-electron chi connectivity index (χ3n) is 5.44. The van der Waals surface area contributed by atoms with Gasteiger partial charge in [0, 0.05) is 32.0 Å². The fourth-order valence-electron chi connectivity index (χ4n) is 4.00. The van der Waals surface area contributed by atoms with E-state index in [9.17, 15) is 9.59 Å². The zero-order valence-electron chi connectivity index (χ0n) is 14.9. The van der Waals surface area contributed by atoms with Crippen molar-refractivity contribution in [2.45, 2.75) is 50.6 Å². The third-order valence-corrected chi connectivity index (χ3v) is 6.18. The summed E-state index contributed by atoms with van der Waals surface area (Å²) < 4.78 is 0. The lowest BCUT2D eigenvalue weighted by Crippen LogP contribution is -2.54. The first-order valence-corrected chi connectivity index (χ1v) is 9.66. The molecule has 0 unspecified atom stereocenters.